The van der Waals surface area contributed by atoms with Crippen LogP contribution in [0, 0.1) is 0 Å². The summed E-state index contributed by atoms with van der Waals surface area (Å²) in [5.41, 5.74) is 0. The maximum atomic E-state index is 11.9. The van der Waals surface area contributed by atoms with E-state index in [1.54, 1.807) is 0 Å². The lowest BCUT2D eigenvalue weighted by Crippen LogP contribution is -2.13. The molecule has 0 spiro atoms. The van der Waals surface area contributed by atoms with Gasteiger partial charge in [0.1, 0.15) is 10.0 Å². The molecule has 0 aliphatic carbocycles. The van der Waals surface area contributed by atoms with Gasteiger partial charge in [0.2, 0.25) is 0 Å². The maximum absolute atomic E-state index is 11.9. The summed E-state index contributed by atoms with van der Waals surface area (Å²) in [6.07, 6.45) is 6.38. The van der Waals surface area contributed by atoms with Gasteiger partial charge in [0.25, 0.3) is 0 Å². The number of rotatable bonds is 11. The summed E-state index contributed by atoms with van der Waals surface area (Å²) in [7, 11) is 0. The minimum Gasteiger partial charge on any atom is -0.466 e. The molecule has 26 heavy (non-hydrogen) atoms. The van der Waals surface area contributed by atoms with E-state index >= 15 is 0 Å². The lowest BCUT2D eigenvalue weighted by molar-refractivity contribution is -0.147. The Hall–Kier alpha value is -0.680. The van der Waals surface area contributed by atoms with Crippen LogP contribution in [0.4, 0.5) is 0 Å². The number of unbranched alkanes of at least 4 members (excludes halogenated alkanes) is 5. The van der Waals surface area contributed by atoms with Crippen LogP contribution >= 0.6 is 46.4 Å². The third-order valence-electron chi connectivity index (χ3n) is 3.58. The molecule has 0 saturated carbocycles. The number of hydrogen-bond donors (Lipinski definition) is 0. The average molecular weight is 444 g/mol. The van der Waals surface area contributed by atoms with Gasteiger partial charge in [-0.15, -0.1) is 0 Å². The summed E-state index contributed by atoms with van der Waals surface area (Å²) in [5.74, 6) is -1.24. The van der Waals surface area contributed by atoms with Gasteiger partial charge in [-0.05, 0) is 12.5 Å². The molecule has 0 bridgehead atoms. The summed E-state index contributed by atoms with van der Waals surface area (Å²) >= 11 is 23.7. The minimum atomic E-state index is -0.677. The van der Waals surface area contributed by atoms with E-state index in [-0.39, 0.29) is 38.7 Å². The standard InChI is InChI=1S/C18H22Cl4O4/c1-2-3-4-5-6-7-10-25-14(23)8-9-15(24)26-18-16(21)12(19)11-13(20)17(18)22/h11H,2-10H2,1H3. The molecular weight excluding hydrogens is 422 g/mol. The summed E-state index contributed by atoms with van der Waals surface area (Å²) in [4.78, 5) is 23.5. The lowest BCUT2D eigenvalue weighted by Gasteiger charge is -2.10. The number of benzene rings is 1. The summed E-state index contributed by atoms with van der Waals surface area (Å²) in [5, 5.41) is 0.199. The van der Waals surface area contributed by atoms with Gasteiger partial charge in [-0.1, -0.05) is 85.4 Å². The predicted octanol–water partition coefficient (Wildman–Crippen LogP) is 6.89. The van der Waals surface area contributed by atoms with Crippen molar-refractivity contribution in [3.63, 3.8) is 0 Å². The first-order valence-electron chi connectivity index (χ1n) is 8.56. The minimum absolute atomic E-state index is 0.0138. The van der Waals surface area contributed by atoms with Crippen molar-refractivity contribution in [1.29, 1.82) is 0 Å². The van der Waals surface area contributed by atoms with E-state index < -0.39 is 11.9 Å². The third kappa shape index (κ3) is 8.34. The van der Waals surface area contributed by atoms with Crippen molar-refractivity contribution in [2.75, 3.05) is 6.61 Å². The Morgan fingerprint density at radius 1 is 0.846 bits per heavy atom. The Labute approximate surface area is 174 Å². The molecule has 0 aliphatic heterocycles. The fourth-order valence-corrected chi connectivity index (χ4v) is 3.02. The van der Waals surface area contributed by atoms with E-state index in [1.165, 1.54) is 25.3 Å². The van der Waals surface area contributed by atoms with Crippen molar-refractivity contribution in [2.45, 2.75) is 58.3 Å². The summed E-state index contributed by atoms with van der Waals surface area (Å²) in [6, 6.07) is 1.35. The molecule has 1 rings (SSSR count). The van der Waals surface area contributed by atoms with Crippen LogP contribution < -0.4 is 4.74 Å². The van der Waals surface area contributed by atoms with E-state index in [0.717, 1.165) is 19.3 Å². The van der Waals surface area contributed by atoms with Crippen LogP contribution in [-0.4, -0.2) is 18.5 Å². The van der Waals surface area contributed by atoms with Crippen LogP contribution in [0.1, 0.15) is 58.3 Å². The lowest BCUT2D eigenvalue weighted by atomic mass is 10.1. The second kappa shape index (κ2) is 12.7. The van der Waals surface area contributed by atoms with Gasteiger partial charge in [0.15, 0.2) is 5.75 Å². The van der Waals surface area contributed by atoms with Crippen LogP contribution in [0.25, 0.3) is 0 Å². The number of ether oxygens (including phenoxy) is 2. The highest BCUT2D eigenvalue weighted by Crippen LogP contribution is 2.42. The van der Waals surface area contributed by atoms with Crippen molar-refractivity contribution in [1.82, 2.24) is 0 Å². The van der Waals surface area contributed by atoms with Crippen molar-refractivity contribution < 1.29 is 19.1 Å². The highest BCUT2D eigenvalue weighted by Gasteiger charge is 2.19. The molecule has 0 atom stereocenters. The number of carbonyl (C=O) groups is 2. The molecule has 8 heteroatoms. The van der Waals surface area contributed by atoms with E-state index in [0.29, 0.717) is 6.61 Å². The van der Waals surface area contributed by atoms with Crippen LogP contribution in [0.15, 0.2) is 6.07 Å². The number of hydrogen-bond acceptors (Lipinski definition) is 4. The highest BCUT2D eigenvalue weighted by atomic mass is 35.5. The van der Waals surface area contributed by atoms with Crippen LogP contribution in [0.5, 0.6) is 5.75 Å². The van der Waals surface area contributed by atoms with E-state index in [4.69, 9.17) is 55.9 Å². The normalized spacial score (nSPS) is 10.7. The van der Waals surface area contributed by atoms with Gasteiger partial charge in [-0.25, -0.2) is 0 Å². The van der Waals surface area contributed by atoms with E-state index in [9.17, 15) is 9.59 Å². The molecule has 1 aromatic carbocycles. The molecule has 0 aliphatic rings. The van der Waals surface area contributed by atoms with Crippen molar-refractivity contribution in [3.8, 4) is 5.75 Å². The second-order valence-corrected chi connectivity index (χ2v) is 7.33. The summed E-state index contributed by atoms with van der Waals surface area (Å²) < 4.78 is 10.2. The van der Waals surface area contributed by atoms with Gasteiger partial charge in [0.05, 0.1) is 29.5 Å². The van der Waals surface area contributed by atoms with Crippen molar-refractivity contribution in [3.05, 3.63) is 26.2 Å². The van der Waals surface area contributed by atoms with Gasteiger partial charge in [0, 0.05) is 0 Å². The molecular formula is C18H22Cl4O4. The van der Waals surface area contributed by atoms with E-state index in [2.05, 4.69) is 6.92 Å². The second-order valence-electron chi connectivity index (χ2n) is 5.76. The Balaban J connectivity index is 2.31. The predicted molar refractivity (Wildman–Crippen MR) is 106 cm³/mol. The highest BCUT2D eigenvalue weighted by molar-refractivity contribution is 6.48. The Kier molecular flexibility index (Phi) is 11.4. The average Bonchev–Trinajstić information content (AvgIpc) is 2.61. The Bertz CT molecular complexity index is 593. The number of esters is 2. The first-order chi connectivity index (χ1) is 12.4. The largest absolute Gasteiger partial charge is 0.466 e. The number of carbonyl (C=O) groups excluding carboxylic acids is 2. The zero-order chi connectivity index (χ0) is 19.5. The fourth-order valence-electron chi connectivity index (χ4n) is 2.15. The first kappa shape index (κ1) is 23.4. The number of halogens is 4. The SMILES string of the molecule is CCCCCCCCOC(=O)CCC(=O)Oc1c(Cl)c(Cl)cc(Cl)c1Cl. The quantitative estimate of drug-likeness (QED) is 0.161. The van der Waals surface area contributed by atoms with Crippen molar-refractivity contribution >= 4 is 58.3 Å². The smallest absolute Gasteiger partial charge is 0.311 e. The monoisotopic (exact) mass is 442 g/mol. The van der Waals surface area contributed by atoms with Crippen LogP contribution in [0.3, 0.4) is 0 Å². The molecule has 1 aromatic rings. The summed E-state index contributed by atoms with van der Waals surface area (Å²) in [6.45, 7) is 2.53. The van der Waals surface area contributed by atoms with Gasteiger partial charge >= 0.3 is 11.9 Å². The molecule has 0 aromatic heterocycles. The Morgan fingerprint density at radius 2 is 1.38 bits per heavy atom. The van der Waals surface area contributed by atoms with Gasteiger partial charge < -0.3 is 9.47 Å². The zero-order valence-corrected chi connectivity index (χ0v) is 17.6. The van der Waals surface area contributed by atoms with Gasteiger partial charge in [-0.2, -0.15) is 0 Å². The van der Waals surface area contributed by atoms with Crippen molar-refractivity contribution in [2.24, 2.45) is 0 Å². The molecule has 146 valence electrons. The molecule has 0 saturated heterocycles. The molecule has 4 nitrogen and oxygen atoms in total. The zero-order valence-electron chi connectivity index (χ0n) is 14.6. The van der Waals surface area contributed by atoms with Crippen LogP contribution in [0.2, 0.25) is 20.1 Å². The fraction of sp³-hybridized carbons (Fsp3) is 0.556. The third-order valence-corrected chi connectivity index (χ3v) is 5.12. The van der Waals surface area contributed by atoms with E-state index in [1.807, 2.05) is 0 Å². The van der Waals surface area contributed by atoms with Crippen LogP contribution in [-0.2, 0) is 14.3 Å². The molecule has 0 fully saturated rings. The Morgan fingerprint density at radius 3 is 2.00 bits per heavy atom. The maximum Gasteiger partial charge on any atom is 0.311 e. The topological polar surface area (TPSA) is 52.6 Å². The molecule has 0 amide bonds. The molecule has 0 radical (unpaired) electrons. The first-order valence-corrected chi connectivity index (χ1v) is 10.1. The molecule has 0 heterocycles. The molecule has 0 N–H and O–H groups in total. The van der Waals surface area contributed by atoms with Gasteiger partial charge in [-0.3, -0.25) is 9.59 Å². The molecule has 0 unspecified atom stereocenters.